The van der Waals surface area contributed by atoms with Crippen LogP contribution in [-0.4, -0.2) is 11.9 Å². The first kappa shape index (κ1) is 14.4. The summed E-state index contributed by atoms with van der Waals surface area (Å²) in [4.78, 5) is 0. The molecular weight excluding hydrogens is 324 g/mol. The Morgan fingerprint density at radius 1 is 1.05 bits per heavy atom. The maximum atomic E-state index is 6.46. The number of rotatable bonds is 5. The first-order valence-electron chi connectivity index (χ1n) is 6.27. The zero-order chi connectivity index (χ0) is 13.7. The fourth-order valence-electron chi connectivity index (χ4n) is 1.94. The summed E-state index contributed by atoms with van der Waals surface area (Å²) in [6, 6.07) is 14.2. The molecule has 1 nitrogen and oxygen atoms in total. The average Bonchev–Trinajstić information content (AvgIpc) is 2.42. The minimum absolute atomic E-state index is 0.669. The highest BCUT2D eigenvalue weighted by Crippen LogP contribution is 2.36. The van der Waals surface area contributed by atoms with Gasteiger partial charge in [-0.25, -0.2) is 0 Å². The first-order valence-corrected chi connectivity index (χ1v) is 7.77. The van der Waals surface area contributed by atoms with Crippen LogP contribution in [0.4, 0.5) is 0 Å². The van der Waals surface area contributed by atoms with E-state index < -0.39 is 0 Å². The van der Waals surface area contributed by atoms with Crippen molar-refractivity contribution >= 4 is 27.5 Å². The lowest BCUT2D eigenvalue weighted by atomic mass is 10.0. The second kappa shape index (κ2) is 6.97. The zero-order valence-corrected chi connectivity index (χ0v) is 13.2. The molecule has 0 unspecified atom stereocenters. The van der Waals surface area contributed by atoms with Crippen LogP contribution in [0.25, 0.3) is 11.1 Å². The van der Waals surface area contributed by atoms with Gasteiger partial charge >= 0.3 is 0 Å². The molecule has 2 aromatic carbocycles. The molecule has 19 heavy (non-hydrogen) atoms. The summed E-state index contributed by atoms with van der Waals surface area (Å²) >= 11 is 9.85. The third kappa shape index (κ3) is 3.52. The maximum absolute atomic E-state index is 6.46. The predicted molar refractivity (Wildman–Crippen MR) is 85.5 cm³/mol. The maximum Gasteiger partial charge on any atom is 0.138 e. The summed E-state index contributed by atoms with van der Waals surface area (Å²) in [6.45, 7) is 2.76. The predicted octanol–water partition coefficient (Wildman–Crippen LogP) is 5.48. The second-order valence-electron chi connectivity index (χ2n) is 4.32. The highest BCUT2D eigenvalue weighted by Gasteiger charge is 2.10. The number of halogens is 2. The molecule has 0 saturated heterocycles. The van der Waals surface area contributed by atoms with Gasteiger partial charge in [0.25, 0.3) is 0 Å². The van der Waals surface area contributed by atoms with Crippen LogP contribution >= 0.6 is 27.5 Å². The lowest BCUT2D eigenvalue weighted by Crippen LogP contribution is -1.98. The van der Waals surface area contributed by atoms with E-state index >= 15 is 0 Å². The minimum Gasteiger partial charge on any atom is -0.492 e. The Morgan fingerprint density at radius 3 is 2.53 bits per heavy atom. The van der Waals surface area contributed by atoms with Crippen LogP contribution in [-0.2, 0) is 0 Å². The molecule has 0 amide bonds. The SMILES string of the molecule is Cc1ccccc1-c1cccc(OCCCBr)c1Cl. The van der Waals surface area contributed by atoms with Crippen molar-refractivity contribution in [2.45, 2.75) is 13.3 Å². The molecule has 0 aliphatic carbocycles. The summed E-state index contributed by atoms with van der Waals surface area (Å²) in [7, 11) is 0. The van der Waals surface area contributed by atoms with E-state index in [0.29, 0.717) is 11.6 Å². The van der Waals surface area contributed by atoms with Crippen molar-refractivity contribution in [1.29, 1.82) is 0 Å². The highest BCUT2D eigenvalue weighted by molar-refractivity contribution is 9.09. The normalized spacial score (nSPS) is 10.5. The molecule has 0 bridgehead atoms. The Labute approximate surface area is 127 Å². The first-order chi connectivity index (χ1) is 9.24. The van der Waals surface area contributed by atoms with Gasteiger partial charge < -0.3 is 4.74 Å². The lowest BCUT2D eigenvalue weighted by Gasteiger charge is -2.12. The van der Waals surface area contributed by atoms with Gasteiger partial charge in [-0.2, -0.15) is 0 Å². The van der Waals surface area contributed by atoms with Crippen LogP contribution in [0.5, 0.6) is 5.75 Å². The van der Waals surface area contributed by atoms with Crippen LogP contribution in [0.15, 0.2) is 42.5 Å². The van der Waals surface area contributed by atoms with Crippen molar-refractivity contribution in [1.82, 2.24) is 0 Å². The molecule has 2 aromatic rings. The summed E-state index contributed by atoms with van der Waals surface area (Å²) in [5.74, 6) is 0.753. The number of hydrogen-bond acceptors (Lipinski definition) is 1. The molecule has 2 rings (SSSR count). The smallest absolute Gasteiger partial charge is 0.138 e. The van der Waals surface area contributed by atoms with E-state index in [4.69, 9.17) is 16.3 Å². The molecule has 3 heteroatoms. The van der Waals surface area contributed by atoms with Gasteiger partial charge in [0.2, 0.25) is 0 Å². The van der Waals surface area contributed by atoms with E-state index in [2.05, 4.69) is 35.0 Å². The van der Waals surface area contributed by atoms with Crippen molar-refractivity contribution < 1.29 is 4.74 Å². The Hall–Kier alpha value is -0.990. The Kier molecular flexibility index (Phi) is 5.29. The van der Waals surface area contributed by atoms with Gasteiger partial charge in [0, 0.05) is 10.9 Å². The molecule has 0 aliphatic rings. The molecule has 0 N–H and O–H groups in total. The van der Waals surface area contributed by atoms with Crippen LogP contribution < -0.4 is 4.74 Å². The summed E-state index contributed by atoms with van der Waals surface area (Å²) < 4.78 is 5.72. The molecule has 0 saturated carbocycles. The number of hydrogen-bond donors (Lipinski definition) is 0. The third-order valence-electron chi connectivity index (χ3n) is 2.93. The highest BCUT2D eigenvalue weighted by atomic mass is 79.9. The fraction of sp³-hybridized carbons (Fsp3) is 0.250. The van der Waals surface area contributed by atoms with Crippen molar-refractivity contribution in [3.63, 3.8) is 0 Å². The van der Waals surface area contributed by atoms with E-state index in [0.717, 1.165) is 28.6 Å². The number of benzene rings is 2. The molecule has 0 spiro atoms. The van der Waals surface area contributed by atoms with Crippen LogP contribution in [0.2, 0.25) is 5.02 Å². The van der Waals surface area contributed by atoms with Crippen molar-refractivity contribution in [2.75, 3.05) is 11.9 Å². The molecule has 0 fully saturated rings. The second-order valence-corrected chi connectivity index (χ2v) is 5.49. The third-order valence-corrected chi connectivity index (χ3v) is 3.88. The van der Waals surface area contributed by atoms with Crippen LogP contribution in [0, 0.1) is 6.92 Å². The molecule has 0 heterocycles. The molecule has 100 valence electrons. The van der Waals surface area contributed by atoms with Crippen molar-refractivity contribution in [2.24, 2.45) is 0 Å². The van der Waals surface area contributed by atoms with Crippen LogP contribution in [0.3, 0.4) is 0 Å². The molecule has 0 aromatic heterocycles. The summed E-state index contributed by atoms with van der Waals surface area (Å²) in [5.41, 5.74) is 3.39. The standard InChI is InChI=1S/C16H16BrClO/c1-12-6-2-3-7-13(12)14-8-4-9-15(16(14)18)19-11-5-10-17/h2-4,6-9H,5,10-11H2,1H3. The van der Waals surface area contributed by atoms with Gasteiger partial charge in [-0.15, -0.1) is 0 Å². The molecule has 0 aliphatic heterocycles. The molecule has 0 atom stereocenters. The van der Waals surface area contributed by atoms with Gasteiger partial charge in [0.1, 0.15) is 5.75 Å². The van der Waals surface area contributed by atoms with Crippen molar-refractivity contribution in [3.8, 4) is 16.9 Å². The monoisotopic (exact) mass is 338 g/mol. The van der Waals surface area contributed by atoms with Gasteiger partial charge in [0.15, 0.2) is 0 Å². The van der Waals surface area contributed by atoms with E-state index in [1.165, 1.54) is 5.56 Å². The average molecular weight is 340 g/mol. The van der Waals surface area contributed by atoms with E-state index in [1.807, 2.05) is 30.3 Å². The van der Waals surface area contributed by atoms with E-state index in [9.17, 15) is 0 Å². The van der Waals surface area contributed by atoms with Gasteiger partial charge in [-0.3, -0.25) is 0 Å². The lowest BCUT2D eigenvalue weighted by molar-refractivity contribution is 0.319. The van der Waals surface area contributed by atoms with Gasteiger partial charge in [-0.05, 0) is 30.5 Å². The van der Waals surface area contributed by atoms with E-state index in [-0.39, 0.29) is 0 Å². The van der Waals surface area contributed by atoms with Gasteiger partial charge in [-0.1, -0.05) is 63.9 Å². The Bertz CT molecular complexity index is 554. The Morgan fingerprint density at radius 2 is 1.79 bits per heavy atom. The fourth-order valence-corrected chi connectivity index (χ4v) is 2.45. The molecule has 0 radical (unpaired) electrons. The molecular formula is C16H16BrClO. The summed E-state index contributed by atoms with van der Waals surface area (Å²) in [6.07, 6.45) is 0.963. The number of ether oxygens (including phenoxy) is 1. The largest absolute Gasteiger partial charge is 0.492 e. The van der Waals surface area contributed by atoms with Crippen LogP contribution in [0.1, 0.15) is 12.0 Å². The van der Waals surface area contributed by atoms with E-state index in [1.54, 1.807) is 0 Å². The number of aryl methyl sites for hydroxylation is 1. The summed E-state index contributed by atoms with van der Waals surface area (Å²) in [5, 5.41) is 1.62. The quantitative estimate of drug-likeness (QED) is 0.518. The number of alkyl halides is 1. The van der Waals surface area contributed by atoms with Gasteiger partial charge in [0.05, 0.1) is 11.6 Å². The zero-order valence-electron chi connectivity index (χ0n) is 10.8. The Balaban J connectivity index is 2.32. The minimum atomic E-state index is 0.669. The van der Waals surface area contributed by atoms with Crippen molar-refractivity contribution in [3.05, 3.63) is 53.1 Å². The topological polar surface area (TPSA) is 9.23 Å².